The second-order valence-corrected chi connectivity index (χ2v) is 5.16. The van der Waals surface area contributed by atoms with Crippen molar-refractivity contribution < 1.29 is 9.53 Å². The summed E-state index contributed by atoms with van der Waals surface area (Å²) in [5.74, 6) is 0.155. The Labute approximate surface area is 118 Å². The highest BCUT2D eigenvalue weighted by Gasteiger charge is 2.14. The van der Waals surface area contributed by atoms with Crippen molar-refractivity contribution in [3.8, 4) is 0 Å². The van der Waals surface area contributed by atoms with E-state index < -0.39 is 0 Å². The highest BCUT2D eigenvalue weighted by atomic mass is 35.5. The summed E-state index contributed by atoms with van der Waals surface area (Å²) >= 11 is 5.97. The van der Waals surface area contributed by atoms with Crippen LogP contribution in [0, 0.1) is 0 Å². The van der Waals surface area contributed by atoms with Gasteiger partial charge in [-0.25, -0.2) is 0 Å². The van der Waals surface area contributed by atoms with Crippen LogP contribution in [0.2, 0.25) is 5.02 Å². The van der Waals surface area contributed by atoms with Crippen molar-refractivity contribution in [3.63, 3.8) is 0 Å². The molecule has 1 aliphatic rings. The maximum atomic E-state index is 11.8. The fourth-order valence-corrected chi connectivity index (χ4v) is 2.34. The molecule has 1 aromatic rings. The van der Waals surface area contributed by atoms with Gasteiger partial charge in [-0.1, -0.05) is 11.6 Å². The minimum Gasteiger partial charge on any atom is -0.378 e. The van der Waals surface area contributed by atoms with Crippen molar-refractivity contribution in [1.82, 2.24) is 10.3 Å². The molecule has 0 amide bonds. The average Bonchev–Trinajstić information content (AvgIpc) is 2.43. The number of halogens is 1. The van der Waals surface area contributed by atoms with E-state index in [-0.39, 0.29) is 5.78 Å². The molecular weight excluding hydrogens is 264 g/mol. The quantitative estimate of drug-likeness (QED) is 0.867. The molecule has 0 unspecified atom stereocenters. The van der Waals surface area contributed by atoms with Gasteiger partial charge in [0.25, 0.3) is 0 Å². The summed E-state index contributed by atoms with van der Waals surface area (Å²) in [5, 5.41) is 3.84. The van der Waals surface area contributed by atoms with E-state index in [4.69, 9.17) is 16.3 Å². The highest BCUT2D eigenvalue weighted by molar-refractivity contribution is 6.31. The van der Waals surface area contributed by atoms with E-state index in [1.165, 1.54) is 0 Å². The van der Waals surface area contributed by atoms with E-state index in [0.29, 0.717) is 30.6 Å². The third kappa shape index (κ3) is 4.90. The van der Waals surface area contributed by atoms with E-state index in [1.807, 2.05) is 0 Å². The largest absolute Gasteiger partial charge is 0.378 e. The SMILES string of the molecule is O=C(CCOC1CCNCC1)Cc1ccncc1Cl. The Balaban J connectivity index is 1.68. The monoisotopic (exact) mass is 282 g/mol. The van der Waals surface area contributed by atoms with Crippen molar-refractivity contribution in [2.24, 2.45) is 0 Å². The molecule has 1 aliphatic heterocycles. The van der Waals surface area contributed by atoms with Crippen LogP contribution in [0.5, 0.6) is 0 Å². The van der Waals surface area contributed by atoms with Crippen molar-refractivity contribution in [2.75, 3.05) is 19.7 Å². The molecule has 0 bridgehead atoms. The first kappa shape index (κ1) is 14.4. The number of carbonyl (C=O) groups excluding carboxylic acids is 1. The summed E-state index contributed by atoms with van der Waals surface area (Å²) in [6.07, 6.45) is 6.39. The number of ketones is 1. The van der Waals surface area contributed by atoms with Gasteiger partial charge < -0.3 is 10.1 Å². The molecule has 0 saturated carbocycles. The summed E-state index contributed by atoms with van der Waals surface area (Å²) in [6, 6.07) is 1.79. The number of hydrogen-bond acceptors (Lipinski definition) is 4. The summed E-state index contributed by atoms with van der Waals surface area (Å²) in [4.78, 5) is 15.7. The number of hydrogen-bond donors (Lipinski definition) is 1. The number of Topliss-reactive ketones (excluding diaryl/α,β-unsaturated/α-hetero) is 1. The third-order valence-electron chi connectivity index (χ3n) is 3.26. The number of carbonyl (C=O) groups is 1. The van der Waals surface area contributed by atoms with Crippen LogP contribution < -0.4 is 5.32 Å². The molecule has 0 aromatic carbocycles. The topological polar surface area (TPSA) is 51.2 Å². The number of rotatable bonds is 6. The molecule has 0 aliphatic carbocycles. The van der Waals surface area contributed by atoms with Crippen molar-refractivity contribution in [3.05, 3.63) is 29.0 Å². The predicted molar refractivity (Wildman–Crippen MR) is 74.4 cm³/mol. The molecule has 1 saturated heterocycles. The zero-order valence-electron chi connectivity index (χ0n) is 10.9. The maximum Gasteiger partial charge on any atom is 0.139 e. The van der Waals surface area contributed by atoms with Gasteiger partial charge in [-0.3, -0.25) is 9.78 Å². The highest BCUT2D eigenvalue weighted by Crippen LogP contribution is 2.15. The fraction of sp³-hybridized carbons (Fsp3) is 0.571. The molecule has 2 rings (SSSR count). The number of pyridine rings is 1. The normalized spacial score (nSPS) is 16.5. The van der Waals surface area contributed by atoms with Gasteiger partial charge in [-0.15, -0.1) is 0 Å². The lowest BCUT2D eigenvalue weighted by Crippen LogP contribution is -2.32. The van der Waals surface area contributed by atoms with E-state index in [9.17, 15) is 4.79 Å². The van der Waals surface area contributed by atoms with E-state index in [2.05, 4.69) is 10.3 Å². The third-order valence-corrected chi connectivity index (χ3v) is 3.61. The van der Waals surface area contributed by atoms with Gasteiger partial charge in [-0.2, -0.15) is 0 Å². The first-order valence-electron chi connectivity index (χ1n) is 6.68. The van der Waals surface area contributed by atoms with Crippen LogP contribution in [0.15, 0.2) is 18.5 Å². The van der Waals surface area contributed by atoms with Gasteiger partial charge in [0.15, 0.2) is 0 Å². The van der Waals surface area contributed by atoms with Gasteiger partial charge in [0.1, 0.15) is 5.78 Å². The van der Waals surface area contributed by atoms with Crippen LogP contribution in [0.25, 0.3) is 0 Å². The Hall–Kier alpha value is -0.970. The van der Waals surface area contributed by atoms with Crippen LogP contribution in [-0.2, 0) is 16.0 Å². The van der Waals surface area contributed by atoms with Gasteiger partial charge >= 0.3 is 0 Å². The standard InChI is InChI=1S/C14H19ClN2O2/c15-14-10-17-5-1-11(14)9-12(18)4-8-19-13-2-6-16-7-3-13/h1,5,10,13,16H,2-4,6-9H2. The Bertz CT molecular complexity index is 420. The minimum atomic E-state index is 0.155. The summed E-state index contributed by atoms with van der Waals surface area (Å²) < 4.78 is 5.72. The van der Waals surface area contributed by atoms with Crippen LogP contribution >= 0.6 is 11.6 Å². The van der Waals surface area contributed by atoms with Gasteiger partial charge in [0.05, 0.1) is 17.7 Å². The Morgan fingerprint density at radius 2 is 2.26 bits per heavy atom. The lowest BCUT2D eigenvalue weighted by atomic mass is 10.1. The molecule has 0 spiro atoms. The number of aromatic nitrogens is 1. The summed E-state index contributed by atoms with van der Waals surface area (Å²) in [6.45, 7) is 2.52. The molecule has 0 atom stereocenters. The average molecular weight is 283 g/mol. The van der Waals surface area contributed by atoms with Crippen molar-refractivity contribution in [2.45, 2.75) is 31.8 Å². The molecule has 1 fully saturated rings. The molecule has 4 nitrogen and oxygen atoms in total. The summed E-state index contributed by atoms with van der Waals surface area (Å²) in [5.41, 5.74) is 0.837. The van der Waals surface area contributed by atoms with Crippen molar-refractivity contribution in [1.29, 1.82) is 0 Å². The number of nitrogens with one attached hydrogen (secondary N) is 1. The minimum absolute atomic E-state index is 0.155. The first-order chi connectivity index (χ1) is 9.25. The van der Waals surface area contributed by atoms with Crippen LogP contribution in [0.3, 0.4) is 0 Å². The number of ether oxygens (including phenoxy) is 1. The molecular formula is C14H19ClN2O2. The van der Waals surface area contributed by atoms with Gasteiger partial charge in [-0.05, 0) is 37.6 Å². The maximum absolute atomic E-state index is 11.8. The zero-order chi connectivity index (χ0) is 13.5. The fourth-order valence-electron chi connectivity index (χ4n) is 2.15. The Morgan fingerprint density at radius 3 is 3.00 bits per heavy atom. The second kappa shape index (κ2) is 7.58. The van der Waals surface area contributed by atoms with Crippen LogP contribution in [0.4, 0.5) is 0 Å². The lowest BCUT2D eigenvalue weighted by molar-refractivity contribution is -0.120. The van der Waals surface area contributed by atoms with Gasteiger partial charge in [0, 0.05) is 25.2 Å². The van der Waals surface area contributed by atoms with Crippen molar-refractivity contribution >= 4 is 17.4 Å². The molecule has 5 heteroatoms. The second-order valence-electron chi connectivity index (χ2n) is 4.75. The van der Waals surface area contributed by atoms with Crippen LogP contribution in [0.1, 0.15) is 24.8 Å². The molecule has 104 valence electrons. The van der Waals surface area contributed by atoms with E-state index in [1.54, 1.807) is 18.5 Å². The number of nitrogens with zero attached hydrogens (tertiary/aromatic N) is 1. The molecule has 1 N–H and O–H groups in total. The van der Waals surface area contributed by atoms with Gasteiger partial charge in [0.2, 0.25) is 0 Å². The zero-order valence-corrected chi connectivity index (χ0v) is 11.7. The van der Waals surface area contributed by atoms with E-state index >= 15 is 0 Å². The molecule has 0 radical (unpaired) electrons. The first-order valence-corrected chi connectivity index (χ1v) is 7.06. The summed E-state index contributed by atoms with van der Waals surface area (Å²) in [7, 11) is 0. The smallest absolute Gasteiger partial charge is 0.139 e. The van der Waals surface area contributed by atoms with Crippen LogP contribution in [-0.4, -0.2) is 36.6 Å². The number of piperidine rings is 1. The molecule has 2 heterocycles. The molecule has 19 heavy (non-hydrogen) atoms. The lowest BCUT2D eigenvalue weighted by Gasteiger charge is -2.22. The Morgan fingerprint density at radius 1 is 1.47 bits per heavy atom. The molecule has 1 aromatic heterocycles. The predicted octanol–water partition coefficient (Wildman–Crippen LogP) is 2.01. The van der Waals surface area contributed by atoms with E-state index in [0.717, 1.165) is 31.5 Å². The Kier molecular flexibility index (Phi) is 5.76.